The van der Waals surface area contributed by atoms with Crippen molar-refractivity contribution in [1.29, 1.82) is 0 Å². The number of isocyanates is 1. The van der Waals surface area contributed by atoms with Crippen LogP contribution in [0.15, 0.2) is 4.99 Å². The van der Waals surface area contributed by atoms with Crippen LogP contribution < -0.4 is 0 Å². The highest BCUT2D eigenvalue weighted by Gasteiger charge is 2.06. The predicted octanol–water partition coefficient (Wildman–Crippen LogP) is 0.581. The first-order chi connectivity index (χ1) is 5.85. The molecule has 0 spiro atoms. The van der Waals surface area contributed by atoms with Crippen molar-refractivity contribution in [2.24, 2.45) is 4.99 Å². The molecule has 12 heavy (non-hydrogen) atoms. The molecule has 1 aliphatic heterocycles. The van der Waals surface area contributed by atoms with Crippen LogP contribution in [-0.4, -0.2) is 37.0 Å². The summed E-state index contributed by atoms with van der Waals surface area (Å²) >= 11 is 0. The maximum atomic E-state index is 9.93. The zero-order valence-corrected chi connectivity index (χ0v) is 7.32. The summed E-state index contributed by atoms with van der Waals surface area (Å²) in [5.41, 5.74) is 0. The van der Waals surface area contributed by atoms with Gasteiger partial charge >= 0.3 is 0 Å². The normalized spacial score (nSPS) is 14.2. The second-order valence-electron chi connectivity index (χ2n) is 2.41. The average molecular weight is 170 g/mol. The molecule has 0 bridgehead atoms. The summed E-state index contributed by atoms with van der Waals surface area (Å²) in [5.74, 6) is 0. The first kappa shape index (κ1) is 10.8. The van der Waals surface area contributed by atoms with Gasteiger partial charge in [0, 0.05) is 19.6 Å². The van der Waals surface area contributed by atoms with Crippen LogP contribution in [-0.2, 0) is 9.59 Å². The Balaban J connectivity index is 0.000000217. The molecule has 0 aliphatic carbocycles. The number of aliphatic imine (C=N–C) groups is 1. The molecule has 0 aromatic rings. The van der Waals surface area contributed by atoms with Crippen LogP contribution in [0.1, 0.15) is 19.8 Å². The van der Waals surface area contributed by atoms with E-state index in [1.54, 1.807) is 11.8 Å². The Labute approximate surface area is 72.3 Å². The molecular formula is C8H14N2O2. The van der Waals surface area contributed by atoms with Gasteiger partial charge in [-0.1, -0.05) is 0 Å². The highest BCUT2D eigenvalue weighted by atomic mass is 16.1. The predicted molar refractivity (Wildman–Crippen MR) is 45.5 cm³/mol. The van der Waals surface area contributed by atoms with E-state index in [1.165, 1.54) is 18.9 Å². The molecule has 68 valence electrons. The first-order valence-corrected chi connectivity index (χ1v) is 4.08. The summed E-state index contributed by atoms with van der Waals surface area (Å²) < 4.78 is 0. The van der Waals surface area contributed by atoms with Crippen LogP contribution in [0, 0.1) is 0 Å². The smallest absolute Gasteiger partial charge is 0.234 e. The second kappa shape index (κ2) is 7.95. The molecule has 1 amide bonds. The molecule has 1 saturated heterocycles. The molecule has 1 heterocycles. The number of hydrogen-bond acceptors (Lipinski definition) is 3. The van der Waals surface area contributed by atoms with Gasteiger partial charge in [-0.2, -0.15) is 0 Å². The quantitative estimate of drug-likeness (QED) is 0.346. The maximum absolute atomic E-state index is 9.93. The van der Waals surface area contributed by atoms with E-state index in [0.29, 0.717) is 6.54 Å². The molecule has 0 aromatic carbocycles. The first-order valence-electron chi connectivity index (χ1n) is 4.08. The average Bonchev–Trinajstić information content (AvgIpc) is 2.58. The van der Waals surface area contributed by atoms with Gasteiger partial charge in [-0.15, -0.1) is 0 Å². The minimum absolute atomic E-state index is 0.545. The minimum Gasteiger partial charge on any atom is -0.345 e. The van der Waals surface area contributed by atoms with Crippen LogP contribution in [0.2, 0.25) is 0 Å². The van der Waals surface area contributed by atoms with E-state index in [4.69, 9.17) is 4.79 Å². The van der Waals surface area contributed by atoms with Crippen molar-refractivity contribution < 1.29 is 9.59 Å². The summed E-state index contributed by atoms with van der Waals surface area (Å²) in [6, 6.07) is 0. The summed E-state index contributed by atoms with van der Waals surface area (Å²) in [7, 11) is 0. The highest BCUT2D eigenvalue weighted by Crippen LogP contribution is 2.02. The Kier molecular flexibility index (Phi) is 7.19. The van der Waals surface area contributed by atoms with Crippen molar-refractivity contribution in [2.75, 3.05) is 19.6 Å². The van der Waals surface area contributed by atoms with Gasteiger partial charge in [0.05, 0.1) is 0 Å². The SMILES string of the molecule is CCN=C=O.O=CN1CCCC1. The van der Waals surface area contributed by atoms with Crippen molar-refractivity contribution in [1.82, 2.24) is 4.90 Å². The molecule has 0 atom stereocenters. The Bertz CT molecular complexity index is 158. The van der Waals surface area contributed by atoms with E-state index >= 15 is 0 Å². The molecule has 1 rings (SSSR count). The van der Waals surface area contributed by atoms with E-state index in [9.17, 15) is 4.79 Å². The number of hydrogen-bond donors (Lipinski definition) is 0. The van der Waals surface area contributed by atoms with Crippen molar-refractivity contribution in [2.45, 2.75) is 19.8 Å². The van der Waals surface area contributed by atoms with Gasteiger partial charge in [-0.05, 0) is 19.8 Å². The van der Waals surface area contributed by atoms with E-state index in [2.05, 4.69) is 4.99 Å². The van der Waals surface area contributed by atoms with Crippen molar-refractivity contribution >= 4 is 12.5 Å². The number of amides is 1. The van der Waals surface area contributed by atoms with E-state index in [1.807, 2.05) is 0 Å². The van der Waals surface area contributed by atoms with Crippen LogP contribution in [0.5, 0.6) is 0 Å². The fraction of sp³-hybridized carbons (Fsp3) is 0.750. The molecule has 0 N–H and O–H groups in total. The molecule has 1 aliphatic rings. The van der Waals surface area contributed by atoms with E-state index < -0.39 is 0 Å². The molecule has 0 radical (unpaired) electrons. The van der Waals surface area contributed by atoms with Gasteiger partial charge in [0.2, 0.25) is 12.5 Å². The van der Waals surface area contributed by atoms with Gasteiger partial charge in [0.15, 0.2) is 0 Å². The molecule has 4 heteroatoms. The zero-order chi connectivity index (χ0) is 9.23. The Morgan fingerprint density at radius 2 is 2.08 bits per heavy atom. The number of likely N-dealkylation sites (tertiary alicyclic amines) is 1. The zero-order valence-electron chi connectivity index (χ0n) is 7.32. The van der Waals surface area contributed by atoms with Crippen LogP contribution in [0.4, 0.5) is 0 Å². The second-order valence-corrected chi connectivity index (χ2v) is 2.41. The third kappa shape index (κ3) is 5.62. The summed E-state index contributed by atoms with van der Waals surface area (Å²) in [5, 5.41) is 0. The molecular weight excluding hydrogens is 156 g/mol. The van der Waals surface area contributed by atoms with Gasteiger partial charge in [-0.25, -0.2) is 9.79 Å². The number of carbonyl (C=O) groups is 1. The molecule has 0 aromatic heterocycles. The summed E-state index contributed by atoms with van der Waals surface area (Å²) in [4.78, 5) is 24.0. The Morgan fingerprint density at radius 1 is 1.50 bits per heavy atom. The lowest BCUT2D eigenvalue weighted by molar-refractivity contribution is -0.117. The van der Waals surface area contributed by atoms with Crippen LogP contribution in [0.3, 0.4) is 0 Å². The van der Waals surface area contributed by atoms with Crippen LogP contribution >= 0.6 is 0 Å². The third-order valence-electron chi connectivity index (χ3n) is 1.51. The third-order valence-corrected chi connectivity index (χ3v) is 1.51. The lowest BCUT2D eigenvalue weighted by Crippen LogP contribution is -2.15. The van der Waals surface area contributed by atoms with E-state index in [0.717, 1.165) is 19.5 Å². The Morgan fingerprint density at radius 3 is 2.25 bits per heavy atom. The lowest BCUT2D eigenvalue weighted by Gasteiger charge is -2.03. The number of carbonyl (C=O) groups excluding carboxylic acids is 2. The number of nitrogens with zero attached hydrogens (tertiary/aromatic N) is 2. The number of rotatable bonds is 2. The molecule has 1 fully saturated rings. The fourth-order valence-corrected chi connectivity index (χ4v) is 0.912. The van der Waals surface area contributed by atoms with Crippen LogP contribution in [0.25, 0.3) is 0 Å². The summed E-state index contributed by atoms with van der Waals surface area (Å²) in [6.07, 6.45) is 4.70. The molecule has 0 saturated carbocycles. The topological polar surface area (TPSA) is 49.7 Å². The lowest BCUT2D eigenvalue weighted by atomic mass is 10.4. The van der Waals surface area contributed by atoms with Gasteiger partial charge < -0.3 is 4.90 Å². The van der Waals surface area contributed by atoms with Crippen molar-refractivity contribution in [3.05, 3.63) is 0 Å². The maximum Gasteiger partial charge on any atom is 0.234 e. The highest BCUT2D eigenvalue weighted by molar-refractivity contribution is 5.47. The summed E-state index contributed by atoms with van der Waals surface area (Å²) in [6.45, 7) is 4.28. The molecule has 0 unspecified atom stereocenters. The standard InChI is InChI=1S/C5H9NO.C3H5NO/c7-5-6-3-1-2-4-6;1-2-4-3-5/h5H,1-4H2;2H2,1H3. The van der Waals surface area contributed by atoms with E-state index in [-0.39, 0.29) is 0 Å². The Hall–Kier alpha value is -1.15. The monoisotopic (exact) mass is 170 g/mol. The largest absolute Gasteiger partial charge is 0.345 e. The van der Waals surface area contributed by atoms with Gasteiger partial charge in [-0.3, -0.25) is 4.79 Å². The minimum atomic E-state index is 0.545. The van der Waals surface area contributed by atoms with Crippen molar-refractivity contribution in [3.63, 3.8) is 0 Å². The molecule has 4 nitrogen and oxygen atoms in total. The van der Waals surface area contributed by atoms with Gasteiger partial charge in [0.25, 0.3) is 0 Å². The fourth-order valence-electron chi connectivity index (χ4n) is 0.912. The van der Waals surface area contributed by atoms with Gasteiger partial charge in [0.1, 0.15) is 0 Å². The van der Waals surface area contributed by atoms with Crippen molar-refractivity contribution in [3.8, 4) is 0 Å².